The zero-order valence-corrected chi connectivity index (χ0v) is 18.7. The van der Waals surface area contributed by atoms with E-state index in [-0.39, 0.29) is 32.1 Å². The molecule has 186 valence electrons. The third-order valence-electron chi connectivity index (χ3n) is 5.62. The SMILES string of the molecule is C[C@@H](COC1CNNC(=O)C1C(F)(F)F)OCCC(=O)N1CCN(c2ccc(C#N)cn2)CC1. The summed E-state index contributed by atoms with van der Waals surface area (Å²) in [7, 11) is 0. The molecule has 13 heteroatoms. The number of rotatable bonds is 8. The van der Waals surface area contributed by atoms with Gasteiger partial charge in [0.25, 0.3) is 0 Å². The number of piperazine rings is 1. The van der Waals surface area contributed by atoms with Crippen LogP contribution in [0.15, 0.2) is 18.3 Å². The van der Waals surface area contributed by atoms with Crippen molar-refractivity contribution < 1.29 is 32.2 Å². The lowest BCUT2D eigenvalue weighted by Gasteiger charge is -2.35. The number of aromatic nitrogens is 1. The molecule has 0 radical (unpaired) electrons. The van der Waals surface area contributed by atoms with Crippen LogP contribution in [0.1, 0.15) is 18.9 Å². The Balaban J connectivity index is 1.35. The summed E-state index contributed by atoms with van der Waals surface area (Å²) in [4.78, 5) is 32.1. The minimum atomic E-state index is -4.71. The van der Waals surface area contributed by atoms with Crippen LogP contribution in [0.2, 0.25) is 0 Å². The largest absolute Gasteiger partial charge is 0.403 e. The normalized spacial score (nSPS) is 22.1. The first-order chi connectivity index (χ1) is 16.2. The molecule has 2 aliphatic rings. The molecule has 0 bridgehead atoms. The maximum absolute atomic E-state index is 13.1. The molecule has 0 saturated carbocycles. The number of hydrogen-bond donors (Lipinski definition) is 2. The van der Waals surface area contributed by atoms with Crippen molar-refractivity contribution in [2.75, 3.05) is 50.8 Å². The molecule has 2 amide bonds. The van der Waals surface area contributed by atoms with Crippen LogP contribution in [0.25, 0.3) is 0 Å². The van der Waals surface area contributed by atoms with Crippen molar-refractivity contribution in [1.29, 1.82) is 5.26 Å². The molecule has 2 saturated heterocycles. The molecule has 2 unspecified atom stereocenters. The van der Waals surface area contributed by atoms with Crippen LogP contribution < -0.4 is 15.8 Å². The fraction of sp³-hybridized carbons (Fsp3) is 0.619. The van der Waals surface area contributed by atoms with Gasteiger partial charge in [0.15, 0.2) is 5.92 Å². The number of carbonyl (C=O) groups is 2. The number of nitrogens with one attached hydrogen (secondary N) is 2. The number of nitriles is 1. The van der Waals surface area contributed by atoms with Gasteiger partial charge in [0, 0.05) is 38.9 Å². The lowest BCUT2D eigenvalue weighted by atomic mass is 9.99. The average molecular weight is 484 g/mol. The second-order valence-corrected chi connectivity index (χ2v) is 8.08. The number of hydrazine groups is 1. The van der Waals surface area contributed by atoms with Crippen molar-refractivity contribution in [1.82, 2.24) is 20.7 Å². The first-order valence-electron chi connectivity index (χ1n) is 10.9. The van der Waals surface area contributed by atoms with Gasteiger partial charge in [-0.3, -0.25) is 15.0 Å². The lowest BCUT2D eigenvalue weighted by molar-refractivity contribution is -0.215. The molecule has 2 aliphatic heterocycles. The van der Waals surface area contributed by atoms with Crippen LogP contribution in [-0.4, -0.2) is 86.0 Å². The topological polar surface area (TPSA) is 120 Å². The Morgan fingerprint density at radius 3 is 2.68 bits per heavy atom. The van der Waals surface area contributed by atoms with Gasteiger partial charge in [-0.05, 0) is 19.1 Å². The number of halogens is 3. The second-order valence-electron chi connectivity index (χ2n) is 8.08. The summed E-state index contributed by atoms with van der Waals surface area (Å²) in [5.41, 5.74) is 4.84. The van der Waals surface area contributed by atoms with Gasteiger partial charge in [-0.25, -0.2) is 10.4 Å². The van der Waals surface area contributed by atoms with Crippen LogP contribution in [0.5, 0.6) is 0 Å². The molecular formula is C21H27F3N6O4. The van der Waals surface area contributed by atoms with Crippen molar-refractivity contribution in [3.05, 3.63) is 23.9 Å². The van der Waals surface area contributed by atoms with Gasteiger partial charge < -0.3 is 19.3 Å². The standard InChI is InChI=1S/C21H27F3N6O4/c1-14(13-34-16-12-27-28-20(32)19(16)21(22,23)24)33-9-4-18(31)30-7-5-29(6-8-30)17-3-2-15(10-25)11-26-17/h2-3,11,14,16,19,27H,4-9,12-13H2,1H3,(H,28,32)/t14-,16?,19?/m0/s1. The molecule has 1 aromatic heterocycles. The van der Waals surface area contributed by atoms with E-state index in [1.54, 1.807) is 24.0 Å². The number of anilines is 1. The van der Waals surface area contributed by atoms with Crippen LogP contribution in [0, 0.1) is 17.2 Å². The van der Waals surface area contributed by atoms with Gasteiger partial charge in [0.1, 0.15) is 11.9 Å². The summed E-state index contributed by atoms with van der Waals surface area (Å²) < 4.78 is 50.2. The summed E-state index contributed by atoms with van der Waals surface area (Å²) in [5.74, 6) is -2.76. The van der Waals surface area contributed by atoms with Gasteiger partial charge >= 0.3 is 6.18 Å². The number of hydrogen-bond acceptors (Lipinski definition) is 8. The van der Waals surface area contributed by atoms with E-state index in [1.165, 1.54) is 6.20 Å². The number of alkyl halides is 3. The Labute approximate surface area is 195 Å². The van der Waals surface area contributed by atoms with Gasteiger partial charge in [-0.1, -0.05) is 0 Å². The monoisotopic (exact) mass is 484 g/mol. The number of pyridine rings is 1. The Morgan fingerprint density at radius 1 is 1.32 bits per heavy atom. The molecule has 3 heterocycles. The molecule has 34 heavy (non-hydrogen) atoms. The zero-order chi connectivity index (χ0) is 24.7. The van der Waals surface area contributed by atoms with E-state index in [1.807, 2.05) is 16.4 Å². The number of amides is 2. The first kappa shape index (κ1) is 25.7. The van der Waals surface area contributed by atoms with Crippen LogP contribution in [0.4, 0.5) is 19.0 Å². The molecule has 3 atom stereocenters. The van der Waals surface area contributed by atoms with Gasteiger partial charge in [-0.2, -0.15) is 18.4 Å². The average Bonchev–Trinajstić information content (AvgIpc) is 2.82. The van der Waals surface area contributed by atoms with Gasteiger partial charge in [0.2, 0.25) is 11.8 Å². The van der Waals surface area contributed by atoms with Crippen LogP contribution >= 0.6 is 0 Å². The summed E-state index contributed by atoms with van der Waals surface area (Å²) >= 11 is 0. The van der Waals surface area contributed by atoms with E-state index < -0.39 is 30.2 Å². The molecule has 10 nitrogen and oxygen atoms in total. The molecule has 0 spiro atoms. The fourth-order valence-electron chi connectivity index (χ4n) is 3.75. The zero-order valence-electron chi connectivity index (χ0n) is 18.7. The number of nitrogens with zero attached hydrogens (tertiary/aromatic N) is 4. The highest BCUT2D eigenvalue weighted by Crippen LogP contribution is 2.31. The minimum absolute atomic E-state index is 0.0779. The van der Waals surface area contributed by atoms with Crippen molar-refractivity contribution >= 4 is 17.6 Å². The molecule has 3 rings (SSSR count). The molecule has 2 fully saturated rings. The predicted octanol–water partition coefficient (Wildman–Crippen LogP) is 0.595. The Kier molecular flexibility index (Phi) is 8.65. The van der Waals surface area contributed by atoms with Gasteiger partial charge in [-0.15, -0.1) is 0 Å². The molecule has 2 N–H and O–H groups in total. The fourth-order valence-corrected chi connectivity index (χ4v) is 3.75. The summed E-state index contributed by atoms with van der Waals surface area (Å²) in [5, 5.41) is 8.86. The Morgan fingerprint density at radius 2 is 2.06 bits per heavy atom. The van der Waals surface area contributed by atoms with Crippen LogP contribution in [-0.2, 0) is 19.1 Å². The second kappa shape index (κ2) is 11.5. The summed E-state index contributed by atoms with van der Waals surface area (Å²) in [6.45, 7) is 3.68. The smallest absolute Gasteiger partial charge is 0.376 e. The Bertz CT molecular complexity index is 884. The predicted molar refractivity (Wildman–Crippen MR) is 113 cm³/mol. The van der Waals surface area contributed by atoms with E-state index in [0.29, 0.717) is 31.7 Å². The van der Waals surface area contributed by atoms with Crippen molar-refractivity contribution in [2.24, 2.45) is 5.92 Å². The summed E-state index contributed by atoms with van der Waals surface area (Å²) in [6, 6.07) is 5.50. The maximum atomic E-state index is 13.1. The third kappa shape index (κ3) is 6.78. The highest BCUT2D eigenvalue weighted by atomic mass is 19.4. The molecular weight excluding hydrogens is 457 g/mol. The van der Waals surface area contributed by atoms with E-state index in [0.717, 1.165) is 5.82 Å². The summed E-state index contributed by atoms with van der Waals surface area (Å²) in [6.07, 6.45) is -4.97. The van der Waals surface area contributed by atoms with E-state index in [2.05, 4.69) is 10.4 Å². The highest BCUT2D eigenvalue weighted by Gasteiger charge is 2.52. The molecule has 1 aromatic rings. The van der Waals surface area contributed by atoms with E-state index >= 15 is 0 Å². The molecule has 0 aromatic carbocycles. The van der Waals surface area contributed by atoms with E-state index in [4.69, 9.17) is 14.7 Å². The van der Waals surface area contributed by atoms with Crippen molar-refractivity contribution in [2.45, 2.75) is 31.7 Å². The number of carbonyl (C=O) groups excluding carboxylic acids is 2. The highest BCUT2D eigenvalue weighted by molar-refractivity contribution is 5.80. The van der Waals surface area contributed by atoms with Gasteiger partial charge in [0.05, 0.1) is 37.4 Å². The lowest BCUT2D eigenvalue weighted by Crippen LogP contribution is -2.60. The third-order valence-corrected chi connectivity index (χ3v) is 5.62. The first-order valence-corrected chi connectivity index (χ1v) is 10.9. The Hall–Kier alpha value is -2.95. The number of ether oxygens (including phenoxy) is 2. The van der Waals surface area contributed by atoms with E-state index in [9.17, 15) is 22.8 Å². The molecule has 0 aliphatic carbocycles. The van der Waals surface area contributed by atoms with Crippen molar-refractivity contribution in [3.8, 4) is 6.07 Å². The van der Waals surface area contributed by atoms with Crippen molar-refractivity contribution in [3.63, 3.8) is 0 Å². The minimum Gasteiger partial charge on any atom is -0.376 e. The maximum Gasteiger partial charge on any atom is 0.403 e. The van der Waals surface area contributed by atoms with Crippen LogP contribution in [0.3, 0.4) is 0 Å². The quantitative estimate of drug-likeness (QED) is 0.551.